The van der Waals surface area contributed by atoms with Crippen LogP contribution >= 0.6 is 0 Å². The molecule has 3 aromatic carbocycles. The molecule has 1 N–H and O–H groups in total. The zero-order valence-electron chi connectivity index (χ0n) is 23.1. The maximum absolute atomic E-state index is 14.0. The lowest BCUT2D eigenvalue weighted by Crippen LogP contribution is -2.46. The van der Waals surface area contributed by atoms with Crippen LogP contribution in [-0.4, -0.2) is 55.7 Å². The SMILES string of the molecule is CCN(CC)c1cccc(Oc2cccc(N3CCN(CCCc4c[nH]c5c(F)cc(F)cc45)CC3)c2C)c1. The molecule has 1 aliphatic heterocycles. The summed E-state index contributed by atoms with van der Waals surface area (Å²) in [6.07, 6.45) is 3.54. The molecule has 0 radical (unpaired) electrons. The Morgan fingerprint density at radius 3 is 2.49 bits per heavy atom. The lowest BCUT2D eigenvalue weighted by molar-refractivity contribution is 0.255. The van der Waals surface area contributed by atoms with Crippen LogP contribution in [0.5, 0.6) is 11.5 Å². The Labute approximate surface area is 230 Å². The standard InChI is InChI=1S/C32H38F2N4O/c1-4-37(5-2)26-10-6-11-27(21-26)39-31-13-7-12-30(23(31)3)38-17-15-36(16-18-38)14-8-9-24-22-35-32-28(24)19-25(33)20-29(32)34/h6-7,10-13,19-22,35H,4-5,8-9,14-18H2,1-3H3. The van der Waals surface area contributed by atoms with Crippen LogP contribution in [0.3, 0.4) is 0 Å². The van der Waals surface area contributed by atoms with E-state index in [1.54, 1.807) is 0 Å². The summed E-state index contributed by atoms with van der Waals surface area (Å²) in [7, 11) is 0. The Morgan fingerprint density at radius 2 is 1.72 bits per heavy atom. The molecule has 0 bridgehead atoms. The predicted molar refractivity (Wildman–Crippen MR) is 156 cm³/mol. The van der Waals surface area contributed by atoms with Gasteiger partial charge in [-0.05, 0) is 76.1 Å². The highest BCUT2D eigenvalue weighted by atomic mass is 19.1. The third-order valence-corrected chi connectivity index (χ3v) is 7.85. The first kappa shape index (κ1) is 27.0. The van der Waals surface area contributed by atoms with Crippen LogP contribution in [0.1, 0.15) is 31.4 Å². The van der Waals surface area contributed by atoms with Crippen molar-refractivity contribution in [3.8, 4) is 11.5 Å². The summed E-state index contributed by atoms with van der Waals surface area (Å²) in [5, 5.41) is 0.648. The first-order valence-corrected chi connectivity index (χ1v) is 14.0. The molecule has 1 fully saturated rings. The number of aryl methyl sites for hydroxylation is 1. The molecule has 0 spiro atoms. The predicted octanol–water partition coefficient (Wildman–Crippen LogP) is 7.15. The molecule has 0 aliphatic carbocycles. The van der Waals surface area contributed by atoms with Gasteiger partial charge in [-0.15, -0.1) is 0 Å². The van der Waals surface area contributed by atoms with Crippen LogP contribution in [0.15, 0.2) is 60.8 Å². The molecule has 1 saturated heterocycles. The van der Waals surface area contributed by atoms with E-state index in [0.29, 0.717) is 10.9 Å². The first-order valence-electron chi connectivity index (χ1n) is 14.0. The Morgan fingerprint density at radius 1 is 0.949 bits per heavy atom. The van der Waals surface area contributed by atoms with E-state index in [2.05, 4.69) is 70.8 Å². The van der Waals surface area contributed by atoms with Gasteiger partial charge in [-0.25, -0.2) is 8.78 Å². The number of fused-ring (bicyclic) bond motifs is 1. The summed E-state index contributed by atoms with van der Waals surface area (Å²) in [5.74, 6) is 0.670. The number of halogens is 2. The molecule has 5 nitrogen and oxygen atoms in total. The zero-order valence-corrected chi connectivity index (χ0v) is 23.1. The van der Waals surface area contributed by atoms with Gasteiger partial charge in [0.05, 0.1) is 5.52 Å². The van der Waals surface area contributed by atoms with E-state index in [1.807, 2.05) is 18.3 Å². The van der Waals surface area contributed by atoms with Crippen molar-refractivity contribution in [2.75, 3.05) is 55.6 Å². The summed E-state index contributed by atoms with van der Waals surface area (Å²) in [4.78, 5) is 10.2. The highest BCUT2D eigenvalue weighted by Crippen LogP contribution is 2.34. The Balaban J connectivity index is 1.16. The number of hydrogen-bond acceptors (Lipinski definition) is 4. The molecule has 1 aromatic heterocycles. The third kappa shape index (κ3) is 6.04. The fraction of sp³-hybridized carbons (Fsp3) is 0.375. The van der Waals surface area contributed by atoms with Crippen molar-refractivity contribution in [3.05, 3.63) is 83.6 Å². The number of rotatable bonds is 10. The van der Waals surface area contributed by atoms with Gasteiger partial charge in [-0.3, -0.25) is 4.90 Å². The van der Waals surface area contributed by atoms with E-state index in [-0.39, 0.29) is 0 Å². The molecule has 0 amide bonds. The molecule has 0 atom stereocenters. The minimum Gasteiger partial charge on any atom is -0.457 e. The number of aromatic nitrogens is 1. The van der Waals surface area contributed by atoms with Gasteiger partial charge >= 0.3 is 0 Å². The summed E-state index contributed by atoms with van der Waals surface area (Å²) in [5.41, 5.74) is 4.90. The van der Waals surface area contributed by atoms with E-state index in [4.69, 9.17) is 4.74 Å². The van der Waals surface area contributed by atoms with Gasteiger partial charge in [-0.1, -0.05) is 12.1 Å². The van der Waals surface area contributed by atoms with Crippen LogP contribution in [0.2, 0.25) is 0 Å². The van der Waals surface area contributed by atoms with Crippen LogP contribution in [0.25, 0.3) is 10.9 Å². The molecule has 7 heteroatoms. The summed E-state index contributed by atoms with van der Waals surface area (Å²) in [6.45, 7) is 13.2. The highest BCUT2D eigenvalue weighted by molar-refractivity contribution is 5.83. The van der Waals surface area contributed by atoms with Crippen molar-refractivity contribution >= 4 is 22.3 Å². The average Bonchev–Trinajstić information content (AvgIpc) is 3.34. The van der Waals surface area contributed by atoms with Crippen LogP contribution in [-0.2, 0) is 6.42 Å². The van der Waals surface area contributed by atoms with Gasteiger partial charge in [-0.2, -0.15) is 0 Å². The van der Waals surface area contributed by atoms with E-state index in [0.717, 1.165) is 87.3 Å². The van der Waals surface area contributed by atoms with Crippen molar-refractivity contribution in [1.82, 2.24) is 9.88 Å². The Hall–Kier alpha value is -3.58. The molecular weight excluding hydrogens is 494 g/mol. The highest BCUT2D eigenvalue weighted by Gasteiger charge is 2.20. The molecule has 39 heavy (non-hydrogen) atoms. The number of piperazine rings is 1. The molecule has 0 saturated carbocycles. The van der Waals surface area contributed by atoms with Crippen molar-refractivity contribution < 1.29 is 13.5 Å². The third-order valence-electron chi connectivity index (χ3n) is 7.85. The van der Waals surface area contributed by atoms with Gasteiger partial charge < -0.3 is 19.5 Å². The number of nitrogens with zero attached hydrogens (tertiary/aromatic N) is 3. The Bertz CT molecular complexity index is 1410. The zero-order chi connectivity index (χ0) is 27.4. The van der Waals surface area contributed by atoms with Crippen LogP contribution < -0.4 is 14.5 Å². The summed E-state index contributed by atoms with van der Waals surface area (Å²) < 4.78 is 34.1. The number of anilines is 2. The van der Waals surface area contributed by atoms with Gasteiger partial charge in [0, 0.05) is 79.9 Å². The number of hydrogen-bond donors (Lipinski definition) is 1. The Kier molecular flexibility index (Phi) is 8.36. The molecule has 1 aliphatic rings. The van der Waals surface area contributed by atoms with Gasteiger partial charge in [0.2, 0.25) is 0 Å². The monoisotopic (exact) mass is 532 g/mol. The fourth-order valence-electron chi connectivity index (χ4n) is 5.64. The minimum atomic E-state index is -0.537. The lowest BCUT2D eigenvalue weighted by atomic mass is 10.1. The molecule has 206 valence electrons. The largest absolute Gasteiger partial charge is 0.457 e. The van der Waals surface area contributed by atoms with E-state index < -0.39 is 11.6 Å². The molecule has 5 rings (SSSR count). The second kappa shape index (κ2) is 12.1. The number of ether oxygens (including phenoxy) is 1. The van der Waals surface area contributed by atoms with E-state index in [1.165, 1.54) is 17.4 Å². The topological polar surface area (TPSA) is 34.7 Å². The smallest absolute Gasteiger partial charge is 0.150 e. The number of aromatic amines is 1. The molecule has 4 aromatic rings. The van der Waals surface area contributed by atoms with E-state index in [9.17, 15) is 8.78 Å². The molecule has 0 unspecified atom stereocenters. The normalized spacial score (nSPS) is 14.2. The molecule has 2 heterocycles. The van der Waals surface area contributed by atoms with Crippen LogP contribution in [0.4, 0.5) is 20.2 Å². The lowest BCUT2D eigenvalue weighted by Gasteiger charge is -2.37. The second-order valence-corrected chi connectivity index (χ2v) is 10.2. The van der Waals surface area contributed by atoms with Gasteiger partial charge in [0.1, 0.15) is 23.1 Å². The average molecular weight is 533 g/mol. The van der Waals surface area contributed by atoms with Crippen LogP contribution in [0, 0.1) is 18.6 Å². The van der Waals surface area contributed by atoms with Crippen molar-refractivity contribution in [3.63, 3.8) is 0 Å². The summed E-state index contributed by atoms with van der Waals surface area (Å²) in [6, 6.07) is 17.0. The maximum atomic E-state index is 14.0. The van der Waals surface area contributed by atoms with Gasteiger partial charge in [0.25, 0.3) is 0 Å². The fourth-order valence-corrected chi connectivity index (χ4v) is 5.64. The number of H-pyrrole nitrogens is 1. The maximum Gasteiger partial charge on any atom is 0.150 e. The van der Waals surface area contributed by atoms with Crippen molar-refractivity contribution in [2.45, 2.75) is 33.6 Å². The first-order chi connectivity index (χ1) is 19.0. The quantitative estimate of drug-likeness (QED) is 0.235. The second-order valence-electron chi connectivity index (χ2n) is 10.2. The minimum absolute atomic E-state index is 0.387. The number of benzene rings is 3. The van der Waals surface area contributed by atoms with Crippen molar-refractivity contribution in [1.29, 1.82) is 0 Å². The van der Waals surface area contributed by atoms with Crippen molar-refractivity contribution in [2.24, 2.45) is 0 Å². The molecular formula is C32H38F2N4O. The van der Waals surface area contributed by atoms with Gasteiger partial charge in [0.15, 0.2) is 0 Å². The van der Waals surface area contributed by atoms with E-state index >= 15 is 0 Å². The summed E-state index contributed by atoms with van der Waals surface area (Å²) >= 11 is 0. The number of nitrogens with one attached hydrogen (secondary N) is 1.